The molecule has 108 valence electrons. The van der Waals surface area contributed by atoms with Crippen molar-refractivity contribution in [1.29, 1.82) is 0 Å². The van der Waals surface area contributed by atoms with Gasteiger partial charge < -0.3 is 11.1 Å². The lowest BCUT2D eigenvalue weighted by Gasteiger charge is -2.30. The van der Waals surface area contributed by atoms with Gasteiger partial charge in [-0.15, -0.1) is 0 Å². The molecular formula is C17H24N2O. The molecule has 0 radical (unpaired) electrons. The molecule has 0 spiro atoms. The monoisotopic (exact) mass is 272 g/mol. The number of nitrogens with two attached hydrogens (primary N) is 1. The van der Waals surface area contributed by atoms with Crippen molar-refractivity contribution in [3.63, 3.8) is 0 Å². The highest BCUT2D eigenvalue weighted by molar-refractivity contribution is 5.83. The lowest BCUT2D eigenvalue weighted by molar-refractivity contribution is -0.130. The van der Waals surface area contributed by atoms with E-state index in [0.29, 0.717) is 0 Å². The summed E-state index contributed by atoms with van der Waals surface area (Å²) in [6.07, 6.45) is 7.66. The van der Waals surface area contributed by atoms with Crippen LogP contribution in [0.3, 0.4) is 0 Å². The molecular weight excluding hydrogens is 248 g/mol. The van der Waals surface area contributed by atoms with Gasteiger partial charge in [-0.25, -0.2) is 0 Å². The molecule has 3 nitrogen and oxygen atoms in total. The van der Waals surface area contributed by atoms with Crippen molar-refractivity contribution in [1.82, 2.24) is 5.32 Å². The minimum absolute atomic E-state index is 0.147. The number of aryl methyl sites for hydroxylation is 1. The minimum atomic E-state index is -0.147. The maximum Gasteiger partial charge on any atom is 0.226 e. The second kappa shape index (κ2) is 5.12. The van der Waals surface area contributed by atoms with Crippen LogP contribution in [0.5, 0.6) is 0 Å². The Labute approximate surface area is 120 Å². The first-order valence-corrected chi connectivity index (χ1v) is 7.78. The number of anilines is 1. The van der Waals surface area contributed by atoms with Crippen LogP contribution in [0.25, 0.3) is 0 Å². The molecule has 1 amide bonds. The molecule has 3 heteroatoms. The maximum absolute atomic E-state index is 12.6. The van der Waals surface area contributed by atoms with E-state index in [1.807, 2.05) is 6.07 Å². The summed E-state index contributed by atoms with van der Waals surface area (Å²) in [5.41, 5.74) is 9.10. The summed E-state index contributed by atoms with van der Waals surface area (Å²) in [6, 6.07) is 6.27. The number of rotatable bonds is 2. The van der Waals surface area contributed by atoms with Crippen molar-refractivity contribution < 1.29 is 4.79 Å². The number of hydrogen-bond acceptors (Lipinski definition) is 2. The molecule has 1 atom stereocenters. The van der Waals surface area contributed by atoms with Gasteiger partial charge in [-0.3, -0.25) is 4.79 Å². The van der Waals surface area contributed by atoms with Crippen LogP contribution in [-0.2, 0) is 11.2 Å². The van der Waals surface area contributed by atoms with E-state index in [1.165, 1.54) is 24.0 Å². The predicted molar refractivity (Wildman–Crippen MR) is 81.3 cm³/mol. The Kier molecular flexibility index (Phi) is 3.45. The van der Waals surface area contributed by atoms with Gasteiger partial charge in [0, 0.05) is 11.1 Å². The van der Waals surface area contributed by atoms with E-state index in [-0.39, 0.29) is 17.4 Å². The van der Waals surface area contributed by atoms with E-state index in [1.54, 1.807) is 0 Å². The number of carbonyl (C=O) groups excluding carboxylic acids is 1. The Morgan fingerprint density at radius 3 is 2.80 bits per heavy atom. The molecule has 0 aromatic heterocycles. The van der Waals surface area contributed by atoms with Gasteiger partial charge >= 0.3 is 0 Å². The molecule has 2 aliphatic rings. The maximum atomic E-state index is 12.6. The summed E-state index contributed by atoms with van der Waals surface area (Å²) < 4.78 is 0. The second-order valence-corrected chi connectivity index (χ2v) is 6.64. The zero-order valence-electron chi connectivity index (χ0n) is 12.2. The smallest absolute Gasteiger partial charge is 0.226 e. The van der Waals surface area contributed by atoms with Crippen molar-refractivity contribution in [2.75, 3.05) is 5.73 Å². The van der Waals surface area contributed by atoms with E-state index in [9.17, 15) is 4.79 Å². The van der Waals surface area contributed by atoms with Crippen LogP contribution in [0.15, 0.2) is 18.2 Å². The third kappa shape index (κ3) is 2.41. The molecule has 0 saturated heterocycles. The highest BCUT2D eigenvalue weighted by Crippen LogP contribution is 2.39. The standard InChI is InChI=1S/C17H24N2O/c1-17(9-2-3-10-17)16(20)19-15-6-4-5-12-11-13(18)7-8-14(12)15/h7-8,11,15H,2-6,9-10,18H2,1H3,(H,19,20). The summed E-state index contributed by atoms with van der Waals surface area (Å²) >= 11 is 0. The first-order chi connectivity index (χ1) is 9.58. The Balaban J connectivity index is 1.78. The van der Waals surface area contributed by atoms with Crippen molar-refractivity contribution in [3.8, 4) is 0 Å². The highest BCUT2D eigenvalue weighted by atomic mass is 16.2. The number of carbonyl (C=O) groups is 1. The highest BCUT2D eigenvalue weighted by Gasteiger charge is 2.37. The Morgan fingerprint density at radius 1 is 1.30 bits per heavy atom. The minimum Gasteiger partial charge on any atom is -0.399 e. The van der Waals surface area contributed by atoms with E-state index in [4.69, 9.17) is 5.73 Å². The molecule has 1 unspecified atom stereocenters. The zero-order valence-corrected chi connectivity index (χ0v) is 12.2. The molecule has 1 fully saturated rings. The fourth-order valence-corrected chi connectivity index (χ4v) is 3.70. The molecule has 1 aromatic carbocycles. The SMILES string of the molecule is CC1(C(=O)NC2CCCc3cc(N)ccc32)CCCC1. The van der Waals surface area contributed by atoms with Crippen LogP contribution in [0.4, 0.5) is 5.69 Å². The van der Waals surface area contributed by atoms with Crippen molar-refractivity contribution in [3.05, 3.63) is 29.3 Å². The van der Waals surface area contributed by atoms with E-state index >= 15 is 0 Å². The van der Waals surface area contributed by atoms with Crippen LogP contribution < -0.4 is 11.1 Å². The molecule has 3 N–H and O–H groups in total. The average Bonchev–Trinajstić information content (AvgIpc) is 2.87. The number of nitrogen functional groups attached to an aromatic ring is 1. The normalized spacial score (nSPS) is 24.1. The zero-order chi connectivity index (χ0) is 14.2. The van der Waals surface area contributed by atoms with Crippen LogP contribution in [-0.4, -0.2) is 5.91 Å². The fraction of sp³-hybridized carbons (Fsp3) is 0.588. The van der Waals surface area contributed by atoms with Gasteiger partial charge in [0.25, 0.3) is 0 Å². The first-order valence-electron chi connectivity index (χ1n) is 7.78. The fourth-order valence-electron chi connectivity index (χ4n) is 3.70. The summed E-state index contributed by atoms with van der Waals surface area (Å²) in [6.45, 7) is 2.11. The predicted octanol–water partition coefficient (Wildman–Crippen LogP) is 3.34. The Hall–Kier alpha value is -1.51. The van der Waals surface area contributed by atoms with Gasteiger partial charge in [0.1, 0.15) is 0 Å². The summed E-state index contributed by atoms with van der Waals surface area (Å²) in [5, 5.41) is 3.30. The Bertz CT molecular complexity index is 518. The van der Waals surface area contributed by atoms with Gasteiger partial charge in [0.15, 0.2) is 0 Å². The van der Waals surface area contributed by atoms with Crippen LogP contribution in [0.1, 0.15) is 62.6 Å². The average molecular weight is 272 g/mol. The lowest BCUT2D eigenvalue weighted by atomic mass is 9.84. The lowest BCUT2D eigenvalue weighted by Crippen LogP contribution is -2.40. The number of amides is 1. The van der Waals surface area contributed by atoms with Crippen LogP contribution >= 0.6 is 0 Å². The molecule has 0 aliphatic heterocycles. The van der Waals surface area contributed by atoms with Crippen molar-refractivity contribution in [2.24, 2.45) is 5.41 Å². The topological polar surface area (TPSA) is 55.1 Å². The molecule has 20 heavy (non-hydrogen) atoms. The third-order valence-corrected chi connectivity index (χ3v) is 5.04. The Morgan fingerprint density at radius 2 is 2.05 bits per heavy atom. The quantitative estimate of drug-likeness (QED) is 0.811. The molecule has 1 aromatic rings. The van der Waals surface area contributed by atoms with E-state index < -0.39 is 0 Å². The van der Waals surface area contributed by atoms with Crippen molar-refractivity contribution in [2.45, 2.75) is 57.9 Å². The number of benzene rings is 1. The first kappa shape index (κ1) is 13.5. The van der Waals surface area contributed by atoms with Gasteiger partial charge in [0.2, 0.25) is 5.91 Å². The number of hydrogen-bond donors (Lipinski definition) is 2. The molecule has 2 aliphatic carbocycles. The van der Waals surface area contributed by atoms with Crippen LogP contribution in [0.2, 0.25) is 0 Å². The summed E-state index contributed by atoms with van der Waals surface area (Å²) in [4.78, 5) is 12.6. The third-order valence-electron chi connectivity index (χ3n) is 5.04. The number of fused-ring (bicyclic) bond motifs is 1. The summed E-state index contributed by atoms with van der Waals surface area (Å²) in [5.74, 6) is 0.240. The molecule has 1 saturated carbocycles. The summed E-state index contributed by atoms with van der Waals surface area (Å²) in [7, 11) is 0. The van der Waals surface area contributed by atoms with Gasteiger partial charge in [-0.2, -0.15) is 0 Å². The van der Waals surface area contributed by atoms with E-state index in [2.05, 4.69) is 24.4 Å². The van der Waals surface area contributed by atoms with Gasteiger partial charge in [-0.1, -0.05) is 25.8 Å². The second-order valence-electron chi connectivity index (χ2n) is 6.64. The van der Waals surface area contributed by atoms with Crippen molar-refractivity contribution >= 4 is 11.6 Å². The van der Waals surface area contributed by atoms with Crippen LogP contribution in [0, 0.1) is 5.41 Å². The molecule has 3 rings (SSSR count). The van der Waals surface area contributed by atoms with E-state index in [0.717, 1.165) is 37.8 Å². The number of nitrogens with one attached hydrogen (secondary N) is 1. The largest absolute Gasteiger partial charge is 0.399 e. The van der Waals surface area contributed by atoms with Gasteiger partial charge in [-0.05, 0) is 55.4 Å². The van der Waals surface area contributed by atoms with Gasteiger partial charge in [0.05, 0.1) is 6.04 Å². The molecule has 0 heterocycles. The molecule has 0 bridgehead atoms.